The summed E-state index contributed by atoms with van der Waals surface area (Å²) in [4.78, 5) is 24.9. The number of aliphatic hydroxyl groups is 2. The highest BCUT2D eigenvalue weighted by Crippen LogP contribution is 2.28. The molecule has 0 radical (unpaired) electrons. The number of nitrogens with zero attached hydrogens (tertiary/aromatic N) is 3. The van der Waals surface area contributed by atoms with Crippen LogP contribution in [0.2, 0.25) is 0 Å². The molecule has 3 aromatic rings. The van der Waals surface area contributed by atoms with E-state index in [4.69, 9.17) is 5.11 Å². The molecule has 0 saturated carbocycles. The van der Waals surface area contributed by atoms with Gasteiger partial charge < -0.3 is 14.8 Å². The van der Waals surface area contributed by atoms with Gasteiger partial charge in [-0.3, -0.25) is 13.9 Å². The lowest BCUT2D eigenvalue weighted by atomic mass is 10.1. The molecular weight excluding hydrogens is 310 g/mol. The SMILES string of the molecule is Cn1c(=O)c2c(-c3ccccc3)n(CC(O)CO)cc2n(C)c1=O. The van der Waals surface area contributed by atoms with Crippen LogP contribution in [0.15, 0.2) is 46.1 Å². The van der Waals surface area contributed by atoms with E-state index in [1.54, 1.807) is 17.8 Å². The van der Waals surface area contributed by atoms with Gasteiger partial charge in [-0.2, -0.15) is 0 Å². The molecule has 3 rings (SSSR count). The second-order valence-electron chi connectivity index (χ2n) is 5.80. The van der Waals surface area contributed by atoms with Crippen LogP contribution in [0.3, 0.4) is 0 Å². The Morgan fingerprint density at radius 1 is 1.08 bits per heavy atom. The van der Waals surface area contributed by atoms with Gasteiger partial charge in [-0.25, -0.2) is 4.79 Å². The van der Waals surface area contributed by atoms with E-state index in [0.717, 1.165) is 10.1 Å². The van der Waals surface area contributed by atoms with Gasteiger partial charge in [0.2, 0.25) is 0 Å². The first kappa shape index (κ1) is 16.2. The van der Waals surface area contributed by atoms with E-state index < -0.39 is 11.8 Å². The standard InChI is InChI=1S/C17H19N3O4/c1-18-13-9-20(8-12(22)10-21)15(11-6-4-3-5-7-11)14(13)16(23)19(2)17(18)24/h3-7,9,12,21-22H,8,10H2,1-2H3. The zero-order valence-electron chi connectivity index (χ0n) is 13.5. The molecule has 0 amide bonds. The first-order valence-electron chi connectivity index (χ1n) is 7.59. The smallest absolute Gasteiger partial charge is 0.330 e. The third kappa shape index (κ3) is 2.47. The maximum Gasteiger partial charge on any atom is 0.330 e. The van der Waals surface area contributed by atoms with E-state index >= 15 is 0 Å². The summed E-state index contributed by atoms with van der Waals surface area (Å²) in [6, 6.07) is 9.30. The summed E-state index contributed by atoms with van der Waals surface area (Å²) in [6.07, 6.45) is 0.703. The Bertz CT molecular complexity index is 999. The minimum absolute atomic E-state index is 0.118. The van der Waals surface area contributed by atoms with Crippen LogP contribution in [0.4, 0.5) is 0 Å². The number of benzene rings is 1. The molecule has 2 heterocycles. The predicted octanol–water partition coefficient (Wildman–Crippen LogP) is 0.0589. The van der Waals surface area contributed by atoms with Gasteiger partial charge in [-0.15, -0.1) is 0 Å². The van der Waals surface area contributed by atoms with Gasteiger partial charge in [0.15, 0.2) is 0 Å². The van der Waals surface area contributed by atoms with E-state index in [0.29, 0.717) is 16.6 Å². The van der Waals surface area contributed by atoms with Crippen molar-refractivity contribution in [3.8, 4) is 11.3 Å². The topological polar surface area (TPSA) is 89.4 Å². The van der Waals surface area contributed by atoms with Gasteiger partial charge in [0, 0.05) is 20.3 Å². The maximum absolute atomic E-state index is 12.7. The molecule has 0 saturated heterocycles. The van der Waals surface area contributed by atoms with Crippen molar-refractivity contribution in [2.24, 2.45) is 14.1 Å². The Kier molecular flexibility index (Phi) is 4.13. The second-order valence-corrected chi connectivity index (χ2v) is 5.80. The number of hydrogen-bond donors (Lipinski definition) is 2. The van der Waals surface area contributed by atoms with E-state index in [1.165, 1.54) is 11.6 Å². The Hall–Kier alpha value is -2.64. The van der Waals surface area contributed by atoms with Crippen LogP contribution < -0.4 is 11.2 Å². The summed E-state index contributed by atoms with van der Waals surface area (Å²) >= 11 is 0. The molecule has 7 heteroatoms. The van der Waals surface area contributed by atoms with E-state index in [-0.39, 0.29) is 18.7 Å². The number of hydrogen-bond acceptors (Lipinski definition) is 4. The highest BCUT2D eigenvalue weighted by molar-refractivity contribution is 5.93. The van der Waals surface area contributed by atoms with Gasteiger partial charge >= 0.3 is 5.69 Å². The molecule has 7 nitrogen and oxygen atoms in total. The molecule has 2 N–H and O–H groups in total. The minimum atomic E-state index is -0.963. The summed E-state index contributed by atoms with van der Waals surface area (Å²) < 4.78 is 4.19. The summed E-state index contributed by atoms with van der Waals surface area (Å²) in [5, 5.41) is 19.4. The first-order chi connectivity index (χ1) is 11.5. The Labute approximate surface area is 137 Å². The molecule has 2 aromatic heterocycles. The van der Waals surface area contributed by atoms with E-state index in [9.17, 15) is 14.7 Å². The fourth-order valence-electron chi connectivity index (χ4n) is 2.92. The fourth-order valence-corrected chi connectivity index (χ4v) is 2.92. The molecule has 0 aliphatic rings. The van der Waals surface area contributed by atoms with Crippen LogP contribution >= 0.6 is 0 Å². The van der Waals surface area contributed by atoms with Crippen molar-refractivity contribution < 1.29 is 10.2 Å². The van der Waals surface area contributed by atoms with Gasteiger partial charge in [0.1, 0.15) is 0 Å². The number of aliphatic hydroxyl groups excluding tert-OH is 2. The van der Waals surface area contributed by atoms with Crippen LogP contribution in [0, 0.1) is 0 Å². The molecular formula is C17H19N3O4. The van der Waals surface area contributed by atoms with Gasteiger partial charge in [-0.1, -0.05) is 30.3 Å². The normalized spacial score (nSPS) is 12.7. The van der Waals surface area contributed by atoms with Crippen molar-refractivity contribution >= 4 is 10.9 Å². The second kappa shape index (κ2) is 6.10. The van der Waals surface area contributed by atoms with Crippen molar-refractivity contribution in [1.82, 2.24) is 13.7 Å². The molecule has 0 fully saturated rings. The summed E-state index contributed by atoms with van der Waals surface area (Å²) in [6.45, 7) is -0.271. The highest BCUT2D eigenvalue weighted by Gasteiger charge is 2.20. The minimum Gasteiger partial charge on any atom is -0.394 e. The van der Waals surface area contributed by atoms with Crippen molar-refractivity contribution in [2.75, 3.05) is 6.61 Å². The largest absolute Gasteiger partial charge is 0.394 e. The molecule has 1 unspecified atom stereocenters. The van der Waals surface area contributed by atoms with E-state index in [2.05, 4.69) is 0 Å². The molecule has 126 valence electrons. The van der Waals surface area contributed by atoms with Gasteiger partial charge in [0.05, 0.1) is 35.9 Å². The molecule has 1 aromatic carbocycles. The molecule has 0 spiro atoms. The monoisotopic (exact) mass is 329 g/mol. The summed E-state index contributed by atoms with van der Waals surface area (Å²) in [5.41, 5.74) is 1.12. The Morgan fingerprint density at radius 2 is 1.75 bits per heavy atom. The van der Waals surface area contributed by atoms with Crippen molar-refractivity contribution in [1.29, 1.82) is 0 Å². The van der Waals surface area contributed by atoms with E-state index in [1.807, 2.05) is 30.3 Å². The number of aromatic nitrogens is 3. The average Bonchev–Trinajstić information content (AvgIpc) is 2.97. The van der Waals surface area contributed by atoms with Crippen LogP contribution in [-0.4, -0.2) is 36.6 Å². The average molecular weight is 329 g/mol. The summed E-state index contributed by atoms with van der Waals surface area (Å²) in [5.74, 6) is 0. The Balaban J connectivity index is 2.43. The van der Waals surface area contributed by atoms with Crippen molar-refractivity contribution in [3.63, 3.8) is 0 Å². The first-order valence-corrected chi connectivity index (χ1v) is 7.59. The predicted molar refractivity (Wildman–Crippen MR) is 90.9 cm³/mol. The third-order valence-corrected chi connectivity index (χ3v) is 4.18. The zero-order chi connectivity index (χ0) is 17.4. The molecule has 24 heavy (non-hydrogen) atoms. The lowest BCUT2D eigenvalue weighted by Gasteiger charge is -2.12. The van der Waals surface area contributed by atoms with Crippen LogP contribution in [0.25, 0.3) is 22.2 Å². The lowest BCUT2D eigenvalue weighted by molar-refractivity contribution is 0.0817. The fraction of sp³-hybridized carbons (Fsp3) is 0.294. The van der Waals surface area contributed by atoms with Crippen LogP contribution in [0.5, 0.6) is 0 Å². The van der Waals surface area contributed by atoms with Crippen molar-refractivity contribution in [2.45, 2.75) is 12.6 Å². The highest BCUT2D eigenvalue weighted by atomic mass is 16.3. The van der Waals surface area contributed by atoms with Crippen LogP contribution in [0.1, 0.15) is 0 Å². The van der Waals surface area contributed by atoms with Gasteiger partial charge in [0.25, 0.3) is 5.56 Å². The van der Waals surface area contributed by atoms with Gasteiger partial charge in [-0.05, 0) is 5.56 Å². The molecule has 0 aliphatic carbocycles. The number of rotatable bonds is 4. The molecule has 0 aliphatic heterocycles. The Morgan fingerprint density at radius 3 is 2.38 bits per heavy atom. The zero-order valence-corrected chi connectivity index (χ0v) is 13.5. The number of fused-ring (bicyclic) bond motifs is 1. The molecule has 0 bridgehead atoms. The molecule has 1 atom stereocenters. The van der Waals surface area contributed by atoms with Crippen LogP contribution in [-0.2, 0) is 20.6 Å². The summed E-state index contributed by atoms with van der Waals surface area (Å²) in [7, 11) is 3.05. The quantitative estimate of drug-likeness (QED) is 0.708. The lowest BCUT2D eigenvalue weighted by Crippen LogP contribution is -2.36. The van der Waals surface area contributed by atoms with Crippen molar-refractivity contribution in [3.05, 3.63) is 57.4 Å². The maximum atomic E-state index is 12.7. The third-order valence-electron chi connectivity index (χ3n) is 4.18. The number of aryl methyl sites for hydroxylation is 1.